The van der Waals surface area contributed by atoms with Crippen LogP contribution in [0.2, 0.25) is 0 Å². The number of fused-ring (bicyclic) bond motifs is 2. The zero-order valence-electron chi connectivity index (χ0n) is 15.2. The molecule has 0 bridgehead atoms. The highest BCUT2D eigenvalue weighted by molar-refractivity contribution is 9.10. The summed E-state index contributed by atoms with van der Waals surface area (Å²) in [6.45, 7) is 0.276. The van der Waals surface area contributed by atoms with Crippen LogP contribution < -0.4 is 9.47 Å². The molecule has 1 aliphatic rings. The number of ether oxygens (including phenoxy) is 2. The van der Waals surface area contributed by atoms with E-state index in [0.717, 1.165) is 43.9 Å². The van der Waals surface area contributed by atoms with Crippen molar-refractivity contribution in [3.05, 3.63) is 76.8 Å². The Bertz CT molecular complexity index is 1260. The number of oxazole rings is 1. The van der Waals surface area contributed by atoms with E-state index in [-0.39, 0.29) is 6.79 Å². The molecule has 4 aromatic rings. The summed E-state index contributed by atoms with van der Waals surface area (Å²) in [7, 11) is 0. The van der Waals surface area contributed by atoms with Crippen LogP contribution in [-0.2, 0) is 0 Å². The minimum Gasteiger partial charge on any atom is -0.454 e. The molecular formula is C23H15BrN2O3. The van der Waals surface area contributed by atoms with E-state index in [9.17, 15) is 0 Å². The number of hydrogen-bond acceptors (Lipinski definition) is 5. The summed E-state index contributed by atoms with van der Waals surface area (Å²) >= 11 is 3.47. The minimum absolute atomic E-state index is 0.276. The maximum atomic E-state index is 5.86. The lowest BCUT2D eigenvalue weighted by atomic mass is 10.2. The molecule has 0 fully saturated rings. The lowest BCUT2D eigenvalue weighted by molar-refractivity contribution is 0.174. The van der Waals surface area contributed by atoms with E-state index in [1.807, 2.05) is 72.8 Å². The summed E-state index contributed by atoms with van der Waals surface area (Å²) in [6, 6.07) is 19.4. The lowest BCUT2D eigenvalue weighted by Crippen LogP contribution is -1.92. The lowest BCUT2D eigenvalue weighted by Gasteiger charge is -1.96. The van der Waals surface area contributed by atoms with Gasteiger partial charge in [-0.15, -0.1) is 0 Å². The monoisotopic (exact) mass is 446 g/mol. The molecule has 0 saturated carbocycles. The summed E-state index contributed by atoms with van der Waals surface area (Å²) in [4.78, 5) is 9.07. The van der Waals surface area contributed by atoms with E-state index in [4.69, 9.17) is 13.9 Å². The molecule has 0 N–H and O–H groups in total. The predicted molar refractivity (Wildman–Crippen MR) is 117 cm³/mol. The number of hydrogen-bond donors (Lipinski definition) is 0. The van der Waals surface area contributed by atoms with Crippen molar-refractivity contribution in [1.82, 2.24) is 4.98 Å². The van der Waals surface area contributed by atoms with Gasteiger partial charge in [-0.05, 0) is 60.2 Å². The van der Waals surface area contributed by atoms with Crippen molar-refractivity contribution in [2.24, 2.45) is 4.99 Å². The molecule has 0 aliphatic carbocycles. The van der Waals surface area contributed by atoms with Gasteiger partial charge in [0.15, 0.2) is 17.1 Å². The fraction of sp³-hybridized carbons (Fsp3) is 0.0435. The van der Waals surface area contributed by atoms with Gasteiger partial charge in [-0.25, -0.2) is 4.98 Å². The Morgan fingerprint density at radius 1 is 0.966 bits per heavy atom. The number of halogens is 1. The molecule has 0 spiro atoms. The van der Waals surface area contributed by atoms with E-state index < -0.39 is 0 Å². The summed E-state index contributed by atoms with van der Waals surface area (Å²) in [5.74, 6) is 2.13. The highest BCUT2D eigenvalue weighted by atomic mass is 79.9. The van der Waals surface area contributed by atoms with Crippen LogP contribution in [0.4, 0.5) is 5.69 Å². The van der Waals surface area contributed by atoms with Gasteiger partial charge in [0.1, 0.15) is 5.52 Å². The molecule has 2 heterocycles. The van der Waals surface area contributed by atoms with Crippen LogP contribution >= 0.6 is 15.9 Å². The molecule has 0 saturated heterocycles. The highest BCUT2D eigenvalue weighted by Gasteiger charge is 2.12. The molecule has 6 heteroatoms. The van der Waals surface area contributed by atoms with E-state index in [1.165, 1.54) is 0 Å². The van der Waals surface area contributed by atoms with Gasteiger partial charge in [-0.3, -0.25) is 4.99 Å². The second-order valence-corrected chi connectivity index (χ2v) is 7.35. The number of aliphatic imine (C=N–C) groups is 1. The summed E-state index contributed by atoms with van der Waals surface area (Å²) in [5.41, 5.74) is 4.25. The van der Waals surface area contributed by atoms with Gasteiger partial charge in [-0.1, -0.05) is 34.1 Å². The first-order valence-corrected chi connectivity index (χ1v) is 9.81. The van der Waals surface area contributed by atoms with E-state index in [2.05, 4.69) is 25.9 Å². The maximum absolute atomic E-state index is 5.86. The topological polar surface area (TPSA) is 56.9 Å². The van der Waals surface area contributed by atoms with Gasteiger partial charge in [-0.2, -0.15) is 0 Å². The second kappa shape index (κ2) is 7.56. The number of aromatic nitrogens is 1. The smallest absolute Gasteiger partial charge is 0.231 e. The molecule has 0 amide bonds. The third kappa shape index (κ3) is 3.79. The fourth-order valence-electron chi connectivity index (χ4n) is 3.04. The third-order valence-corrected chi connectivity index (χ3v) is 4.93. The SMILES string of the molecule is Brc1cccc(-c2nc3cc(N=C/C=C\c4ccc5c(c4)OCO5)ccc3o2)c1. The molecule has 5 rings (SSSR count). The molecule has 1 aliphatic heterocycles. The van der Waals surface area contributed by atoms with E-state index in [1.54, 1.807) is 6.21 Å². The first kappa shape index (κ1) is 17.7. The average Bonchev–Trinajstić information content (AvgIpc) is 3.37. The molecule has 0 radical (unpaired) electrons. The number of allylic oxidation sites excluding steroid dienone is 1. The van der Waals surface area contributed by atoms with Crippen molar-refractivity contribution >= 4 is 45.0 Å². The Morgan fingerprint density at radius 2 is 1.90 bits per heavy atom. The first-order valence-electron chi connectivity index (χ1n) is 9.01. The van der Waals surface area contributed by atoms with Crippen molar-refractivity contribution in [2.75, 3.05) is 6.79 Å². The van der Waals surface area contributed by atoms with Crippen LogP contribution in [0.15, 0.2) is 80.6 Å². The number of benzene rings is 3. The average molecular weight is 447 g/mol. The Labute approximate surface area is 175 Å². The van der Waals surface area contributed by atoms with Gasteiger partial charge in [0.05, 0.1) is 5.69 Å². The summed E-state index contributed by atoms with van der Waals surface area (Å²) in [5, 5.41) is 0. The van der Waals surface area contributed by atoms with Crippen molar-refractivity contribution in [3.63, 3.8) is 0 Å². The van der Waals surface area contributed by atoms with Gasteiger partial charge in [0.25, 0.3) is 0 Å². The molecular weight excluding hydrogens is 432 g/mol. The van der Waals surface area contributed by atoms with Crippen molar-refractivity contribution in [3.8, 4) is 23.0 Å². The first-order chi connectivity index (χ1) is 14.2. The molecule has 5 nitrogen and oxygen atoms in total. The van der Waals surface area contributed by atoms with Gasteiger partial charge in [0.2, 0.25) is 12.7 Å². The zero-order valence-corrected chi connectivity index (χ0v) is 16.8. The Kier molecular flexibility index (Phi) is 4.62. The van der Waals surface area contributed by atoms with Crippen LogP contribution in [0.1, 0.15) is 5.56 Å². The van der Waals surface area contributed by atoms with Crippen LogP contribution in [0, 0.1) is 0 Å². The fourth-order valence-corrected chi connectivity index (χ4v) is 3.44. The Morgan fingerprint density at radius 3 is 2.83 bits per heavy atom. The molecule has 0 atom stereocenters. The number of rotatable bonds is 4. The highest BCUT2D eigenvalue weighted by Crippen LogP contribution is 2.33. The largest absolute Gasteiger partial charge is 0.454 e. The Balaban J connectivity index is 1.34. The van der Waals surface area contributed by atoms with Crippen LogP contribution in [0.25, 0.3) is 28.6 Å². The normalized spacial score (nSPS) is 13.1. The van der Waals surface area contributed by atoms with Crippen molar-refractivity contribution in [1.29, 1.82) is 0 Å². The van der Waals surface area contributed by atoms with Crippen LogP contribution in [-0.4, -0.2) is 18.0 Å². The van der Waals surface area contributed by atoms with E-state index >= 15 is 0 Å². The van der Waals surface area contributed by atoms with Crippen molar-refractivity contribution < 1.29 is 13.9 Å². The molecule has 1 aromatic heterocycles. The molecule has 0 unspecified atom stereocenters. The van der Waals surface area contributed by atoms with Crippen LogP contribution in [0.3, 0.4) is 0 Å². The van der Waals surface area contributed by atoms with Crippen LogP contribution in [0.5, 0.6) is 11.5 Å². The van der Waals surface area contributed by atoms with E-state index in [0.29, 0.717) is 5.89 Å². The Hall–Kier alpha value is -3.38. The molecule has 3 aromatic carbocycles. The number of nitrogens with zero attached hydrogens (tertiary/aromatic N) is 2. The minimum atomic E-state index is 0.276. The zero-order chi connectivity index (χ0) is 19.6. The summed E-state index contributed by atoms with van der Waals surface area (Å²) < 4.78 is 17.6. The third-order valence-electron chi connectivity index (χ3n) is 4.44. The second-order valence-electron chi connectivity index (χ2n) is 6.43. The maximum Gasteiger partial charge on any atom is 0.231 e. The van der Waals surface area contributed by atoms with Gasteiger partial charge < -0.3 is 13.9 Å². The molecule has 29 heavy (non-hydrogen) atoms. The van der Waals surface area contributed by atoms with Gasteiger partial charge in [0, 0.05) is 16.3 Å². The standard InChI is InChI=1S/C23H15BrN2O3/c24-17-5-1-4-16(12-17)23-26-19-13-18(7-9-20(19)29-23)25-10-2-3-15-6-8-21-22(11-15)28-14-27-21/h1-13H,14H2/b3-2-,25-10?. The quantitative estimate of drug-likeness (QED) is 0.340. The molecule has 142 valence electrons. The summed E-state index contributed by atoms with van der Waals surface area (Å²) in [6.07, 6.45) is 5.60. The van der Waals surface area contributed by atoms with Gasteiger partial charge >= 0.3 is 0 Å². The predicted octanol–water partition coefficient (Wildman–Crippen LogP) is 6.40. The van der Waals surface area contributed by atoms with Crippen molar-refractivity contribution in [2.45, 2.75) is 0 Å².